The Labute approximate surface area is 90.9 Å². The molecule has 0 radical (unpaired) electrons. The molecular weight excluding hydrogens is 210 g/mol. The SMILES string of the molecule is O=[N+]([O-])c1ccccc1-n1ccc(CO)n1. The highest BCUT2D eigenvalue weighted by molar-refractivity contribution is 5.51. The van der Waals surface area contributed by atoms with E-state index in [-0.39, 0.29) is 12.3 Å². The van der Waals surface area contributed by atoms with Crippen LogP contribution in [0.1, 0.15) is 5.69 Å². The summed E-state index contributed by atoms with van der Waals surface area (Å²) < 4.78 is 1.38. The van der Waals surface area contributed by atoms with Crippen LogP contribution in [0.25, 0.3) is 5.69 Å². The Kier molecular flexibility index (Phi) is 2.65. The van der Waals surface area contributed by atoms with Crippen LogP contribution in [0.15, 0.2) is 36.5 Å². The Balaban J connectivity index is 2.50. The van der Waals surface area contributed by atoms with Gasteiger partial charge >= 0.3 is 0 Å². The first-order valence-corrected chi connectivity index (χ1v) is 4.61. The Hall–Kier alpha value is -2.21. The second-order valence-electron chi connectivity index (χ2n) is 3.16. The van der Waals surface area contributed by atoms with Crippen LogP contribution in [0.5, 0.6) is 0 Å². The van der Waals surface area contributed by atoms with Crippen molar-refractivity contribution >= 4 is 5.69 Å². The predicted octanol–water partition coefficient (Wildman–Crippen LogP) is 1.27. The molecule has 0 fully saturated rings. The van der Waals surface area contributed by atoms with E-state index in [1.165, 1.54) is 10.7 Å². The van der Waals surface area contributed by atoms with Crippen molar-refractivity contribution in [3.8, 4) is 5.69 Å². The predicted molar refractivity (Wildman–Crippen MR) is 56.1 cm³/mol. The molecule has 0 aliphatic heterocycles. The molecule has 16 heavy (non-hydrogen) atoms. The molecule has 1 heterocycles. The van der Waals surface area contributed by atoms with Crippen LogP contribution in [0.3, 0.4) is 0 Å². The van der Waals surface area contributed by atoms with Crippen LogP contribution in [0.4, 0.5) is 5.69 Å². The monoisotopic (exact) mass is 219 g/mol. The molecule has 1 aromatic heterocycles. The van der Waals surface area contributed by atoms with Crippen LogP contribution in [-0.4, -0.2) is 19.8 Å². The fourth-order valence-corrected chi connectivity index (χ4v) is 1.39. The van der Waals surface area contributed by atoms with Crippen LogP contribution < -0.4 is 0 Å². The summed E-state index contributed by atoms with van der Waals surface area (Å²) in [6.45, 7) is -0.187. The van der Waals surface area contributed by atoms with Crippen LogP contribution >= 0.6 is 0 Å². The molecule has 6 heteroatoms. The number of aliphatic hydroxyl groups is 1. The Bertz CT molecular complexity index is 522. The largest absolute Gasteiger partial charge is 0.390 e. The molecule has 6 nitrogen and oxygen atoms in total. The van der Waals surface area contributed by atoms with Crippen molar-refractivity contribution in [2.45, 2.75) is 6.61 Å². The quantitative estimate of drug-likeness (QED) is 0.622. The van der Waals surface area contributed by atoms with Gasteiger partial charge in [0.1, 0.15) is 5.69 Å². The molecule has 0 atom stereocenters. The summed E-state index contributed by atoms with van der Waals surface area (Å²) in [5.74, 6) is 0. The fourth-order valence-electron chi connectivity index (χ4n) is 1.39. The lowest BCUT2D eigenvalue weighted by molar-refractivity contribution is -0.384. The summed E-state index contributed by atoms with van der Waals surface area (Å²) in [5.41, 5.74) is 0.834. The van der Waals surface area contributed by atoms with Gasteiger partial charge in [0.15, 0.2) is 0 Å². The summed E-state index contributed by atoms with van der Waals surface area (Å²) in [6, 6.07) is 7.92. The maximum atomic E-state index is 10.8. The number of nitrogens with zero attached hydrogens (tertiary/aromatic N) is 3. The van der Waals surface area contributed by atoms with Crippen molar-refractivity contribution in [2.75, 3.05) is 0 Å². The van der Waals surface area contributed by atoms with Crippen molar-refractivity contribution in [1.29, 1.82) is 0 Å². The third kappa shape index (κ3) is 1.78. The number of hydrogen-bond acceptors (Lipinski definition) is 4. The van der Waals surface area contributed by atoms with Crippen molar-refractivity contribution in [3.63, 3.8) is 0 Å². The molecule has 0 unspecified atom stereocenters. The summed E-state index contributed by atoms with van der Waals surface area (Å²) in [7, 11) is 0. The van der Waals surface area contributed by atoms with Crippen molar-refractivity contribution in [1.82, 2.24) is 9.78 Å². The van der Waals surface area contributed by atoms with E-state index >= 15 is 0 Å². The molecule has 0 amide bonds. The van der Waals surface area contributed by atoms with E-state index in [0.717, 1.165) is 0 Å². The summed E-state index contributed by atoms with van der Waals surface area (Å²) in [4.78, 5) is 10.3. The first-order chi connectivity index (χ1) is 7.72. The third-order valence-corrected chi connectivity index (χ3v) is 2.13. The topological polar surface area (TPSA) is 81.2 Å². The van der Waals surface area contributed by atoms with Gasteiger partial charge in [-0.3, -0.25) is 10.1 Å². The summed E-state index contributed by atoms with van der Waals surface area (Å²) in [5, 5.41) is 23.7. The minimum Gasteiger partial charge on any atom is -0.390 e. The average molecular weight is 219 g/mol. The summed E-state index contributed by atoms with van der Waals surface area (Å²) in [6.07, 6.45) is 1.58. The smallest absolute Gasteiger partial charge is 0.294 e. The molecule has 0 spiro atoms. The lowest BCUT2D eigenvalue weighted by atomic mass is 10.3. The van der Waals surface area contributed by atoms with Crippen LogP contribution in [0, 0.1) is 10.1 Å². The second kappa shape index (κ2) is 4.11. The summed E-state index contributed by atoms with van der Waals surface area (Å²) >= 11 is 0. The average Bonchev–Trinajstić information content (AvgIpc) is 2.77. The molecule has 0 aliphatic rings. The van der Waals surface area contributed by atoms with E-state index in [4.69, 9.17) is 5.11 Å². The Morgan fingerprint density at radius 2 is 2.12 bits per heavy atom. The van der Waals surface area contributed by atoms with Crippen molar-refractivity contribution in [3.05, 3.63) is 52.3 Å². The van der Waals surface area contributed by atoms with Gasteiger partial charge in [0.2, 0.25) is 0 Å². The Morgan fingerprint density at radius 1 is 1.38 bits per heavy atom. The van der Waals surface area contributed by atoms with Gasteiger partial charge in [-0.05, 0) is 12.1 Å². The van der Waals surface area contributed by atoms with E-state index in [1.807, 2.05) is 0 Å². The zero-order valence-electron chi connectivity index (χ0n) is 8.28. The molecule has 0 aliphatic carbocycles. The molecule has 0 bridgehead atoms. The third-order valence-electron chi connectivity index (χ3n) is 2.13. The van der Waals surface area contributed by atoms with Gasteiger partial charge in [0.25, 0.3) is 5.69 Å². The van der Waals surface area contributed by atoms with Gasteiger partial charge in [0.05, 0.1) is 17.2 Å². The van der Waals surface area contributed by atoms with Gasteiger partial charge in [-0.15, -0.1) is 0 Å². The molecule has 1 aromatic carbocycles. The number of hydrogen-bond donors (Lipinski definition) is 1. The molecule has 82 valence electrons. The maximum absolute atomic E-state index is 10.8. The molecule has 0 saturated heterocycles. The highest BCUT2D eigenvalue weighted by atomic mass is 16.6. The standard InChI is InChI=1S/C10H9N3O3/c14-7-8-5-6-12(11-8)9-3-1-2-4-10(9)13(15)16/h1-6,14H,7H2. The number of nitro benzene ring substituents is 1. The lowest BCUT2D eigenvalue weighted by Gasteiger charge is -2.01. The van der Waals surface area contributed by atoms with Crippen molar-refractivity contribution < 1.29 is 10.0 Å². The van der Waals surface area contributed by atoms with E-state index in [0.29, 0.717) is 11.4 Å². The van der Waals surface area contributed by atoms with Gasteiger partial charge in [0, 0.05) is 12.3 Å². The second-order valence-corrected chi connectivity index (χ2v) is 3.16. The minimum atomic E-state index is -0.463. The van der Waals surface area contributed by atoms with Crippen LogP contribution in [-0.2, 0) is 6.61 Å². The first-order valence-electron chi connectivity index (χ1n) is 4.61. The van der Waals surface area contributed by atoms with Crippen molar-refractivity contribution in [2.24, 2.45) is 0 Å². The lowest BCUT2D eigenvalue weighted by Crippen LogP contribution is -2.01. The normalized spacial score (nSPS) is 10.3. The first kappa shape index (κ1) is 10.3. The number of aliphatic hydroxyl groups excluding tert-OH is 1. The number of nitro groups is 1. The van der Waals surface area contributed by atoms with Gasteiger partial charge in [-0.25, -0.2) is 4.68 Å². The highest BCUT2D eigenvalue weighted by Gasteiger charge is 2.14. The van der Waals surface area contributed by atoms with E-state index < -0.39 is 4.92 Å². The molecular formula is C10H9N3O3. The van der Waals surface area contributed by atoms with E-state index in [2.05, 4.69) is 5.10 Å². The Morgan fingerprint density at radius 3 is 2.75 bits per heavy atom. The molecule has 1 N–H and O–H groups in total. The maximum Gasteiger partial charge on any atom is 0.294 e. The molecule has 2 aromatic rings. The minimum absolute atomic E-state index is 0.0184. The van der Waals surface area contributed by atoms with Gasteiger partial charge in [-0.1, -0.05) is 12.1 Å². The molecule has 2 rings (SSSR count). The highest BCUT2D eigenvalue weighted by Crippen LogP contribution is 2.21. The fraction of sp³-hybridized carbons (Fsp3) is 0.100. The van der Waals surface area contributed by atoms with E-state index in [9.17, 15) is 10.1 Å². The number of aromatic nitrogens is 2. The van der Waals surface area contributed by atoms with Gasteiger partial charge in [-0.2, -0.15) is 5.10 Å². The molecule has 0 saturated carbocycles. The number of para-hydroxylation sites is 2. The zero-order valence-corrected chi connectivity index (χ0v) is 8.28. The zero-order chi connectivity index (χ0) is 11.5. The van der Waals surface area contributed by atoms with Crippen LogP contribution in [0.2, 0.25) is 0 Å². The number of benzene rings is 1. The number of rotatable bonds is 3. The van der Waals surface area contributed by atoms with E-state index in [1.54, 1.807) is 30.5 Å². The van der Waals surface area contributed by atoms with Gasteiger partial charge < -0.3 is 5.11 Å².